The summed E-state index contributed by atoms with van der Waals surface area (Å²) in [5, 5.41) is 0. The molecule has 1 aliphatic heterocycles. The molecule has 1 heterocycles. The second-order valence-electron chi connectivity index (χ2n) is 6.99. The van der Waals surface area contributed by atoms with Crippen LogP contribution in [0.25, 0.3) is 0 Å². The smallest absolute Gasteiger partial charge is 0.257 e. The van der Waals surface area contributed by atoms with Crippen LogP contribution in [0.2, 0.25) is 0 Å². The van der Waals surface area contributed by atoms with Crippen LogP contribution in [0.3, 0.4) is 0 Å². The first-order chi connectivity index (χ1) is 14.2. The summed E-state index contributed by atoms with van der Waals surface area (Å²) in [6.45, 7) is 2.91. The van der Waals surface area contributed by atoms with Crippen molar-refractivity contribution < 1.29 is 19.1 Å². The third kappa shape index (κ3) is 5.73. The highest BCUT2D eigenvalue weighted by atomic mass is 16.5. The normalized spacial score (nSPS) is 14.2. The zero-order valence-corrected chi connectivity index (χ0v) is 16.9. The van der Waals surface area contributed by atoms with E-state index in [-0.39, 0.29) is 11.8 Å². The molecule has 1 aliphatic rings. The van der Waals surface area contributed by atoms with Crippen molar-refractivity contribution in [3.8, 4) is 11.5 Å². The molecule has 154 valence electrons. The molecular weight excluding hydrogens is 368 g/mol. The topological polar surface area (TPSA) is 59.1 Å². The van der Waals surface area contributed by atoms with Gasteiger partial charge in [0.05, 0.1) is 19.3 Å². The minimum atomic E-state index is -0.0481. The number of nitrogens with zero attached hydrogens (tertiary/aromatic N) is 2. The number of hydrogen-bond acceptors (Lipinski definition) is 4. The Morgan fingerprint density at radius 3 is 2.38 bits per heavy atom. The molecule has 2 amide bonds. The number of carbonyl (C=O) groups excluding carboxylic acids is 2. The Bertz CT molecular complexity index is 810. The molecule has 2 aromatic rings. The molecular formula is C23H28N2O4. The monoisotopic (exact) mass is 396 g/mol. The van der Waals surface area contributed by atoms with Gasteiger partial charge >= 0.3 is 0 Å². The lowest BCUT2D eigenvalue weighted by Crippen LogP contribution is -2.37. The number of rotatable bonds is 7. The highest BCUT2D eigenvalue weighted by molar-refractivity contribution is 5.97. The van der Waals surface area contributed by atoms with Gasteiger partial charge in [0.25, 0.3) is 5.91 Å². The lowest BCUT2D eigenvalue weighted by atomic mass is 10.1. The van der Waals surface area contributed by atoms with Gasteiger partial charge in [-0.05, 0) is 37.1 Å². The van der Waals surface area contributed by atoms with Crippen LogP contribution in [0.5, 0.6) is 11.5 Å². The van der Waals surface area contributed by atoms with Crippen molar-refractivity contribution in [3.05, 3.63) is 60.2 Å². The molecule has 29 heavy (non-hydrogen) atoms. The SMILES string of the molecule is COc1ccccc1C(=O)N1CCCN(C(=O)CCCOc2ccccc2)CC1. The van der Waals surface area contributed by atoms with Gasteiger partial charge in [-0.15, -0.1) is 0 Å². The Labute approximate surface area is 172 Å². The molecule has 0 N–H and O–H groups in total. The first kappa shape index (κ1) is 20.7. The summed E-state index contributed by atoms with van der Waals surface area (Å²) in [4.78, 5) is 29.1. The van der Waals surface area contributed by atoms with Gasteiger partial charge in [0.2, 0.25) is 5.91 Å². The van der Waals surface area contributed by atoms with Gasteiger partial charge < -0.3 is 19.3 Å². The van der Waals surface area contributed by atoms with E-state index in [0.29, 0.717) is 56.9 Å². The summed E-state index contributed by atoms with van der Waals surface area (Å²) in [5.74, 6) is 1.47. The van der Waals surface area contributed by atoms with Gasteiger partial charge in [0.15, 0.2) is 0 Å². The van der Waals surface area contributed by atoms with Gasteiger partial charge in [-0.1, -0.05) is 30.3 Å². The van der Waals surface area contributed by atoms with Crippen LogP contribution in [0.4, 0.5) is 0 Å². The molecule has 0 saturated carbocycles. The van der Waals surface area contributed by atoms with Crippen LogP contribution in [0, 0.1) is 0 Å². The van der Waals surface area contributed by atoms with Gasteiger partial charge in [0.1, 0.15) is 11.5 Å². The van der Waals surface area contributed by atoms with Crippen LogP contribution in [-0.4, -0.2) is 61.5 Å². The molecule has 0 spiro atoms. The van der Waals surface area contributed by atoms with E-state index in [0.717, 1.165) is 12.2 Å². The molecule has 3 rings (SSSR count). The van der Waals surface area contributed by atoms with E-state index in [4.69, 9.17) is 9.47 Å². The second kappa shape index (κ2) is 10.5. The van der Waals surface area contributed by atoms with Crippen LogP contribution >= 0.6 is 0 Å². The zero-order valence-electron chi connectivity index (χ0n) is 16.9. The summed E-state index contributed by atoms with van der Waals surface area (Å²) in [6, 6.07) is 16.9. The van der Waals surface area contributed by atoms with Crippen molar-refractivity contribution in [1.82, 2.24) is 9.80 Å². The van der Waals surface area contributed by atoms with Crippen molar-refractivity contribution in [3.63, 3.8) is 0 Å². The Balaban J connectivity index is 1.46. The molecule has 0 aliphatic carbocycles. The Hall–Kier alpha value is -3.02. The highest BCUT2D eigenvalue weighted by Gasteiger charge is 2.24. The van der Waals surface area contributed by atoms with E-state index in [2.05, 4.69) is 0 Å². The van der Waals surface area contributed by atoms with E-state index in [1.807, 2.05) is 52.3 Å². The van der Waals surface area contributed by atoms with Gasteiger partial charge in [0, 0.05) is 32.6 Å². The molecule has 0 unspecified atom stereocenters. The number of hydrogen-bond donors (Lipinski definition) is 0. The van der Waals surface area contributed by atoms with Crippen LogP contribution < -0.4 is 9.47 Å². The van der Waals surface area contributed by atoms with E-state index in [1.54, 1.807) is 19.2 Å². The van der Waals surface area contributed by atoms with Gasteiger partial charge in [-0.2, -0.15) is 0 Å². The fourth-order valence-corrected chi connectivity index (χ4v) is 3.45. The predicted octanol–water partition coefficient (Wildman–Crippen LogP) is 3.23. The molecule has 1 saturated heterocycles. The fraction of sp³-hybridized carbons (Fsp3) is 0.391. The standard InChI is InChI=1S/C23H28N2O4/c1-28-21-12-6-5-11-20(21)23(27)25-15-8-14-24(16-17-25)22(26)13-7-18-29-19-9-3-2-4-10-19/h2-6,9-12H,7-8,13-18H2,1H3. The number of benzene rings is 2. The molecule has 0 aromatic heterocycles. The minimum absolute atomic E-state index is 0.0481. The Morgan fingerprint density at radius 2 is 1.59 bits per heavy atom. The summed E-state index contributed by atoms with van der Waals surface area (Å²) in [6.07, 6.45) is 1.90. The third-order valence-corrected chi connectivity index (χ3v) is 5.02. The first-order valence-electron chi connectivity index (χ1n) is 10.1. The fourth-order valence-electron chi connectivity index (χ4n) is 3.45. The average molecular weight is 396 g/mol. The summed E-state index contributed by atoms with van der Waals surface area (Å²) < 4.78 is 11.0. The largest absolute Gasteiger partial charge is 0.496 e. The highest BCUT2D eigenvalue weighted by Crippen LogP contribution is 2.20. The van der Waals surface area contributed by atoms with Gasteiger partial charge in [-0.3, -0.25) is 9.59 Å². The van der Waals surface area contributed by atoms with Gasteiger partial charge in [-0.25, -0.2) is 0 Å². The minimum Gasteiger partial charge on any atom is -0.496 e. The molecule has 0 radical (unpaired) electrons. The van der Waals surface area contributed by atoms with E-state index >= 15 is 0 Å². The van der Waals surface area contributed by atoms with Crippen molar-refractivity contribution >= 4 is 11.8 Å². The number of ether oxygens (including phenoxy) is 2. The van der Waals surface area contributed by atoms with E-state index < -0.39 is 0 Å². The number of para-hydroxylation sites is 2. The number of methoxy groups -OCH3 is 1. The number of carbonyl (C=O) groups is 2. The maximum Gasteiger partial charge on any atom is 0.257 e. The van der Waals surface area contributed by atoms with Crippen LogP contribution in [0.15, 0.2) is 54.6 Å². The molecule has 1 fully saturated rings. The number of amides is 2. The van der Waals surface area contributed by atoms with Crippen molar-refractivity contribution in [1.29, 1.82) is 0 Å². The Kier molecular flexibility index (Phi) is 7.50. The molecule has 6 heteroatoms. The van der Waals surface area contributed by atoms with Crippen LogP contribution in [0.1, 0.15) is 29.6 Å². The maximum atomic E-state index is 12.9. The van der Waals surface area contributed by atoms with Crippen molar-refractivity contribution in [2.24, 2.45) is 0 Å². The van der Waals surface area contributed by atoms with E-state index in [9.17, 15) is 9.59 Å². The quantitative estimate of drug-likeness (QED) is 0.674. The predicted molar refractivity (Wildman–Crippen MR) is 111 cm³/mol. The summed E-state index contributed by atoms with van der Waals surface area (Å²) >= 11 is 0. The summed E-state index contributed by atoms with van der Waals surface area (Å²) in [5.41, 5.74) is 0.563. The second-order valence-corrected chi connectivity index (χ2v) is 6.99. The van der Waals surface area contributed by atoms with Crippen molar-refractivity contribution in [2.45, 2.75) is 19.3 Å². The average Bonchev–Trinajstić information content (AvgIpc) is 3.03. The third-order valence-electron chi connectivity index (χ3n) is 5.02. The summed E-state index contributed by atoms with van der Waals surface area (Å²) in [7, 11) is 1.57. The Morgan fingerprint density at radius 1 is 0.897 bits per heavy atom. The molecule has 0 bridgehead atoms. The maximum absolute atomic E-state index is 12.9. The first-order valence-corrected chi connectivity index (χ1v) is 10.1. The van der Waals surface area contributed by atoms with E-state index in [1.165, 1.54) is 0 Å². The molecule has 0 atom stereocenters. The lowest BCUT2D eigenvalue weighted by Gasteiger charge is -2.23. The zero-order chi connectivity index (χ0) is 20.5. The molecule has 6 nitrogen and oxygen atoms in total. The lowest BCUT2D eigenvalue weighted by molar-refractivity contribution is -0.131. The van der Waals surface area contributed by atoms with Crippen LogP contribution in [-0.2, 0) is 4.79 Å². The molecule has 2 aromatic carbocycles. The van der Waals surface area contributed by atoms with Crippen molar-refractivity contribution in [2.75, 3.05) is 39.9 Å².